The van der Waals surface area contributed by atoms with Crippen LogP contribution in [0.15, 0.2) is 0 Å². The summed E-state index contributed by atoms with van der Waals surface area (Å²) in [5.41, 5.74) is 1.25. The Labute approximate surface area is 278 Å². The maximum atomic E-state index is 13.1. The fraction of sp³-hybridized carbons (Fsp3) is 0.562. The predicted molar refractivity (Wildman–Crippen MR) is 180 cm³/mol. The van der Waals surface area contributed by atoms with Crippen molar-refractivity contribution >= 4 is 68.2 Å². The molecule has 0 saturated carbocycles. The number of thiophene rings is 2. The van der Waals surface area contributed by atoms with Gasteiger partial charge in [-0.3, -0.25) is 19.2 Å². The minimum Gasteiger partial charge on any atom is -0.462 e. The van der Waals surface area contributed by atoms with Gasteiger partial charge < -0.3 is 29.9 Å². The number of nitrogens with one attached hydrogen (secondary N) is 2. The van der Waals surface area contributed by atoms with E-state index in [1.807, 2.05) is 27.7 Å². The number of carbonyl (C=O) groups is 6. The third-order valence-electron chi connectivity index (χ3n) is 7.31. The van der Waals surface area contributed by atoms with E-state index in [1.165, 1.54) is 0 Å². The van der Waals surface area contributed by atoms with Crippen molar-refractivity contribution < 1.29 is 38.2 Å². The molecule has 0 unspecified atom stereocenters. The lowest BCUT2D eigenvalue weighted by atomic mass is 10.1. The lowest BCUT2D eigenvalue weighted by molar-refractivity contribution is -0.118. The maximum Gasteiger partial charge on any atom is 0.341 e. The van der Waals surface area contributed by atoms with Crippen LogP contribution in [0.25, 0.3) is 0 Å². The van der Waals surface area contributed by atoms with Gasteiger partial charge >= 0.3 is 11.9 Å². The van der Waals surface area contributed by atoms with Crippen LogP contribution < -0.4 is 10.6 Å². The van der Waals surface area contributed by atoms with E-state index in [-0.39, 0.29) is 70.8 Å². The van der Waals surface area contributed by atoms with Gasteiger partial charge in [0, 0.05) is 39.0 Å². The average Bonchev–Trinajstić information content (AvgIpc) is 3.51. The van der Waals surface area contributed by atoms with Crippen LogP contribution in [-0.4, -0.2) is 84.8 Å². The van der Waals surface area contributed by atoms with Crippen LogP contribution in [0, 0.1) is 13.8 Å². The number of hydrogen-bond acceptors (Lipinski definition) is 10. The monoisotopic (exact) mass is 678 g/mol. The van der Waals surface area contributed by atoms with E-state index in [0.717, 1.165) is 22.7 Å². The van der Waals surface area contributed by atoms with Gasteiger partial charge in [-0.2, -0.15) is 0 Å². The molecule has 0 aliphatic heterocycles. The standard InChI is InChI=1S/C32H46N4O8S2/c1-9-35(10-2)29(39)25-19(7)23(31(41)43-13-5)27(45-25)33-21(37)17-15-16-18-22(38)34-28-24(32(42)44-14-6)20(8)26(46-28)30(40)36(11-3)12-4/h9-18H2,1-8H3,(H,33,37)(H,34,38). The molecule has 4 amide bonds. The first kappa shape index (κ1) is 38.4. The van der Waals surface area contributed by atoms with E-state index in [9.17, 15) is 28.8 Å². The zero-order valence-electron chi connectivity index (χ0n) is 28.0. The number of carbonyl (C=O) groups excluding carboxylic acids is 6. The Morgan fingerprint density at radius 2 is 0.913 bits per heavy atom. The lowest BCUT2D eigenvalue weighted by Gasteiger charge is -2.18. The summed E-state index contributed by atoms with van der Waals surface area (Å²) in [6.45, 7) is 16.4. The topological polar surface area (TPSA) is 151 Å². The molecule has 2 heterocycles. The normalized spacial score (nSPS) is 10.7. The molecule has 0 aliphatic carbocycles. The van der Waals surface area contributed by atoms with Crippen molar-refractivity contribution in [3.63, 3.8) is 0 Å². The predicted octanol–water partition coefficient (Wildman–Crippen LogP) is 5.88. The summed E-state index contributed by atoms with van der Waals surface area (Å²) in [5, 5.41) is 6.03. The van der Waals surface area contributed by atoms with Crippen LogP contribution in [0.5, 0.6) is 0 Å². The summed E-state index contributed by atoms with van der Waals surface area (Å²) < 4.78 is 10.4. The molecule has 0 fully saturated rings. The highest BCUT2D eigenvalue weighted by molar-refractivity contribution is 7.19. The van der Waals surface area contributed by atoms with Crippen LogP contribution in [-0.2, 0) is 19.1 Å². The molecule has 2 N–H and O–H groups in total. The van der Waals surface area contributed by atoms with E-state index in [0.29, 0.717) is 59.9 Å². The van der Waals surface area contributed by atoms with Crippen molar-refractivity contribution in [3.8, 4) is 0 Å². The van der Waals surface area contributed by atoms with Crippen LogP contribution in [0.1, 0.15) is 118 Å². The molecule has 0 aromatic carbocycles. The summed E-state index contributed by atoms with van der Waals surface area (Å²) in [5.74, 6) is -2.41. The molecule has 0 spiro atoms. The number of rotatable bonds is 17. The second-order valence-corrected chi connectivity index (χ2v) is 12.3. The number of anilines is 2. The van der Waals surface area contributed by atoms with E-state index < -0.39 is 11.9 Å². The molecule has 0 aliphatic rings. The molecule has 14 heteroatoms. The molecule has 0 saturated heterocycles. The second kappa shape index (κ2) is 18.4. The first-order valence-corrected chi connectivity index (χ1v) is 17.3. The molecule has 2 aromatic rings. The highest BCUT2D eigenvalue weighted by Gasteiger charge is 2.29. The maximum absolute atomic E-state index is 13.1. The summed E-state index contributed by atoms with van der Waals surface area (Å²) in [6.07, 6.45) is 0.869. The van der Waals surface area contributed by atoms with Crippen molar-refractivity contribution in [1.29, 1.82) is 0 Å². The van der Waals surface area contributed by atoms with Crippen molar-refractivity contribution in [1.82, 2.24) is 9.80 Å². The van der Waals surface area contributed by atoms with Crippen molar-refractivity contribution in [3.05, 3.63) is 32.0 Å². The van der Waals surface area contributed by atoms with E-state index in [4.69, 9.17) is 9.47 Å². The SMILES string of the molecule is CCOC(=O)c1c(NC(=O)CCCCC(=O)Nc2sc(C(=O)N(CC)CC)c(C)c2C(=O)OCC)sc(C(=O)N(CC)CC)c1C. The molecule has 0 radical (unpaired) electrons. The van der Waals surface area contributed by atoms with E-state index in [2.05, 4.69) is 10.6 Å². The fourth-order valence-electron chi connectivity index (χ4n) is 4.77. The quantitative estimate of drug-likeness (QED) is 0.156. The Kier molecular flexibility index (Phi) is 15.4. The molecule has 2 rings (SSSR count). The zero-order valence-corrected chi connectivity index (χ0v) is 29.7. The van der Waals surface area contributed by atoms with Crippen molar-refractivity contribution in [2.45, 2.75) is 81.1 Å². The van der Waals surface area contributed by atoms with Gasteiger partial charge in [-0.05, 0) is 79.4 Å². The number of unbranched alkanes of at least 4 members (excludes halogenated alkanes) is 1. The second-order valence-electron chi connectivity index (χ2n) is 10.2. The van der Waals surface area contributed by atoms with Crippen molar-refractivity contribution in [2.24, 2.45) is 0 Å². The number of ether oxygens (including phenoxy) is 2. The Balaban J connectivity index is 2.10. The summed E-state index contributed by atoms with van der Waals surface area (Å²) >= 11 is 2.09. The van der Waals surface area contributed by atoms with Gasteiger partial charge in [0.1, 0.15) is 10.0 Å². The average molecular weight is 679 g/mol. The van der Waals surface area contributed by atoms with Crippen molar-refractivity contribution in [2.75, 3.05) is 50.0 Å². The minimum atomic E-state index is -0.616. The van der Waals surface area contributed by atoms with E-state index >= 15 is 0 Å². The largest absolute Gasteiger partial charge is 0.462 e. The Morgan fingerprint density at radius 3 is 1.20 bits per heavy atom. The molecule has 12 nitrogen and oxygen atoms in total. The van der Waals surface area contributed by atoms with Gasteiger partial charge in [-0.15, -0.1) is 22.7 Å². The molecule has 0 atom stereocenters. The first-order valence-electron chi connectivity index (χ1n) is 15.7. The van der Waals surface area contributed by atoms with Gasteiger partial charge in [-0.1, -0.05) is 0 Å². The van der Waals surface area contributed by atoms with Crippen LogP contribution >= 0.6 is 22.7 Å². The number of hydrogen-bond donors (Lipinski definition) is 2. The number of amides is 4. The zero-order chi connectivity index (χ0) is 34.6. The summed E-state index contributed by atoms with van der Waals surface area (Å²) in [7, 11) is 0. The molecular formula is C32H46N4O8S2. The smallest absolute Gasteiger partial charge is 0.341 e. The molecule has 254 valence electrons. The summed E-state index contributed by atoms with van der Waals surface area (Å²) in [4.78, 5) is 81.3. The Morgan fingerprint density at radius 1 is 0.587 bits per heavy atom. The summed E-state index contributed by atoms with van der Waals surface area (Å²) in [6, 6.07) is 0. The number of nitrogens with zero attached hydrogens (tertiary/aromatic N) is 2. The third-order valence-corrected chi connectivity index (χ3v) is 9.70. The van der Waals surface area contributed by atoms with Gasteiger partial charge in [0.05, 0.1) is 34.1 Å². The van der Waals surface area contributed by atoms with Crippen LogP contribution in [0.2, 0.25) is 0 Å². The number of esters is 2. The van der Waals surface area contributed by atoms with Crippen LogP contribution in [0.3, 0.4) is 0 Å². The van der Waals surface area contributed by atoms with Gasteiger partial charge in [0.25, 0.3) is 11.8 Å². The molecule has 46 heavy (non-hydrogen) atoms. The van der Waals surface area contributed by atoms with E-state index in [1.54, 1.807) is 37.5 Å². The highest BCUT2D eigenvalue weighted by atomic mass is 32.1. The van der Waals surface area contributed by atoms with Gasteiger partial charge in [-0.25, -0.2) is 9.59 Å². The van der Waals surface area contributed by atoms with Crippen LogP contribution in [0.4, 0.5) is 10.0 Å². The minimum absolute atomic E-state index is 0.0700. The highest BCUT2D eigenvalue weighted by Crippen LogP contribution is 2.36. The third kappa shape index (κ3) is 9.38. The van der Waals surface area contributed by atoms with Gasteiger partial charge in [0.2, 0.25) is 11.8 Å². The lowest BCUT2D eigenvalue weighted by Crippen LogP contribution is -2.30. The fourth-order valence-corrected chi connectivity index (χ4v) is 7.13. The molecule has 2 aromatic heterocycles. The first-order chi connectivity index (χ1) is 21.9. The van der Waals surface area contributed by atoms with Gasteiger partial charge in [0.15, 0.2) is 0 Å². The Hall–Kier alpha value is -3.78. The molecule has 0 bridgehead atoms. The Bertz CT molecular complexity index is 1320. The molecular weight excluding hydrogens is 633 g/mol.